The molecule has 9 nitrogen and oxygen atoms in total. The molecule has 10 heteroatoms. The average Bonchev–Trinajstić information content (AvgIpc) is 3.00. The van der Waals surface area contributed by atoms with Gasteiger partial charge in [0.1, 0.15) is 0 Å². The van der Waals surface area contributed by atoms with Crippen molar-refractivity contribution in [2.45, 2.75) is 69.7 Å². The van der Waals surface area contributed by atoms with Gasteiger partial charge in [0, 0.05) is 54.1 Å². The molecular formula is C33H38N2O7S. The predicted octanol–water partition coefficient (Wildman–Crippen LogP) is 5.59. The van der Waals surface area contributed by atoms with Crippen molar-refractivity contribution in [1.29, 1.82) is 0 Å². The van der Waals surface area contributed by atoms with Crippen molar-refractivity contribution >= 4 is 35.2 Å². The van der Waals surface area contributed by atoms with Gasteiger partial charge in [-0.3, -0.25) is 14.4 Å². The Bertz CT molecular complexity index is 1360. The second-order valence-electron chi connectivity index (χ2n) is 10.6. The van der Waals surface area contributed by atoms with Crippen LogP contribution in [-0.2, 0) is 37.0 Å². The Hall–Kier alpha value is -3.70. The maximum absolute atomic E-state index is 12.0. The smallest absolute Gasteiger partial charge is 0.303 e. The SMILES string of the molecule is CC(=O)Nc1ccc(SC[C@H]2O[C@@H](c3ccc(CNC(=O)CCCC(=O)O)cc3)O[C@@H](c3ccc(CO)cc3)[C@H]2C)cc1. The van der Waals surface area contributed by atoms with Crippen LogP contribution in [0.1, 0.15) is 67.8 Å². The number of carbonyl (C=O) groups is 3. The lowest BCUT2D eigenvalue weighted by Crippen LogP contribution is -2.38. The van der Waals surface area contributed by atoms with E-state index < -0.39 is 12.3 Å². The van der Waals surface area contributed by atoms with Gasteiger partial charge in [-0.1, -0.05) is 55.5 Å². The minimum Gasteiger partial charge on any atom is -0.481 e. The number of anilines is 1. The summed E-state index contributed by atoms with van der Waals surface area (Å²) in [6, 6.07) is 23.2. The molecule has 0 aliphatic carbocycles. The van der Waals surface area contributed by atoms with Gasteiger partial charge in [0.25, 0.3) is 0 Å². The fourth-order valence-electron chi connectivity index (χ4n) is 4.81. The summed E-state index contributed by atoms with van der Waals surface area (Å²) in [6.45, 7) is 3.92. The van der Waals surface area contributed by atoms with E-state index in [9.17, 15) is 19.5 Å². The fourth-order valence-corrected chi connectivity index (χ4v) is 5.88. The first kappa shape index (κ1) is 32.2. The Morgan fingerprint density at radius 1 is 0.860 bits per heavy atom. The van der Waals surface area contributed by atoms with Gasteiger partial charge in [-0.2, -0.15) is 0 Å². The van der Waals surface area contributed by atoms with Crippen LogP contribution in [0.4, 0.5) is 5.69 Å². The van der Waals surface area contributed by atoms with Crippen LogP contribution in [0.25, 0.3) is 0 Å². The summed E-state index contributed by atoms with van der Waals surface area (Å²) in [5.74, 6) is -0.471. The van der Waals surface area contributed by atoms with Crippen molar-refractivity contribution in [2.75, 3.05) is 11.1 Å². The molecule has 3 aromatic rings. The highest BCUT2D eigenvalue weighted by atomic mass is 32.2. The zero-order valence-electron chi connectivity index (χ0n) is 24.3. The van der Waals surface area contributed by atoms with E-state index in [4.69, 9.17) is 14.6 Å². The van der Waals surface area contributed by atoms with Crippen molar-refractivity contribution in [2.24, 2.45) is 5.92 Å². The summed E-state index contributed by atoms with van der Waals surface area (Å²) < 4.78 is 13.1. The number of hydrogen-bond acceptors (Lipinski definition) is 7. The topological polar surface area (TPSA) is 134 Å². The summed E-state index contributed by atoms with van der Waals surface area (Å²) in [6.07, 6.45) is -0.521. The number of aliphatic carboxylic acids is 1. The highest BCUT2D eigenvalue weighted by Crippen LogP contribution is 2.43. The van der Waals surface area contributed by atoms with Crippen LogP contribution >= 0.6 is 11.8 Å². The van der Waals surface area contributed by atoms with E-state index >= 15 is 0 Å². The van der Waals surface area contributed by atoms with E-state index in [1.165, 1.54) is 6.92 Å². The normalized spacial score (nSPS) is 19.9. The number of aliphatic hydroxyl groups excluding tert-OH is 1. The molecule has 0 saturated carbocycles. The van der Waals surface area contributed by atoms with E-state index in [0.29, 0.717) is 18.7 Å². The van der Waals surface area contributed by atoms with Crippen LogP contribution in [0.2, 0.25) is 0 Å². The number of thioether (sulfide) groups is 1. The standard InChI is InChI=1S/C33H38N2O7S/c1-21-29(20-43-28-16-14-27(15-17-28)35-22(2)37)41-33(42-32(21)25-10-8-24(19-36)9-11-25)26-12-6-23(7-13-26)18-34-30(38)4-3-5-31(39)40/h6-17,21,29,32-33,36H,3-5,18-20H2,1-2H3,(H,34,38)(H,35,37)(H,39,40)/t21-,29+,32+,33+/m0/s1. The molecule has 4 atom stereocenters. The molecule has 0 unspecified atom stereocenters. The molecule has 0 spiro atoms. The van der Waals surface area contributed by atoms with E-state index in [0.717, 1.165) is 32.8 Å². The summed E-state index contributed by atoms with van der Waals surface area (Å²) in [4.78, 5) is 35.1. The second kappa shape index (κ2) is 15.7. The number of carboxylic acids is 1. The molecule has 0 radical (unpaired) electrons. The molecule has 4 N–H and O–H groups in total. The second-order valence-corrected chi connectivity index (χ2v) is 11.7. The van der Waals surface area contributed by atoms with Crippen molar-refractivity contribution < 1.29 is 34.1 Å². The first-order valence-electron chi connectivity index (χ1n) is 14.3. The van der Waals surface area contributed by atoms with Gasteiger partial charge < -0.3 is 30.3 Å². The molecule has 43 heavy (non-hydrogen) atoms. The summed E-state index contributed by atoms with van der Waals surface area (Å²) in [5.41, 5.74) is 4.36. The third-order valence-electron chi connectivity index (χ3n) is 7.25. The third-order valence-corrected chi connectivity index (χ3v) is 8.35. The minimum atomic E-state index is -0.910. The molecule has 1 aliphatic rings. The number of carboxylic acid groups (broad SMARTS) is 1. The van der Waals surface area contributed by atoms with Gasteiger partial charge in [0.15, 0.2) is 6.29 Å². The number of nitrogens with one attached hydrogen (secondary N) is 2. The Morgan fingerprint density at radius 3 is 2.14 bits per heavy atom. The van der Waals surface area contributed by atoms with Crippen LogP contribution in [-0.4, -0.2) is 39.9 Å². The largest absolute Gasteiger partial charge is 0.481 e. The number of ether oxygens (including phenoxy) is 2. The van der Waals surface area contributed by atoms with Crippen LogP contribution in [0, 0.1) is 5.92 Å². The predicted molar refractivity (Wildman–Crippen MR) is 164 cm³/mol. The van der Waals surface area contributed by atoms with Crippen molar-refractivity contribution in [3.8, 4) is 0 Å². The van der Waals surface area contributed by atoms with Crippen LogP contribution in [0.15, 0.2) is 77.7 Å². The van der Waals surface area contributed by atoms with Gasteiger partial charge in [0.05, 0.1) is 18.8 Å². The van der Waals surface area contributed by atoms with E-state index in [2.05, 4.69) is 17.6 Å². The number of amides is 2. The van der Waals surface area contributed by atoms with Gasteiger partial charge in [-0.15, -0.1) is 11.8 Å². The van der Waals surface area contributed by atoms with Crippen LogP contribution in [0.3, 0.4) is 0 Å². The van der Waals surface area contributed by atoms with Gasteiger partial charge in [0.2, 0.25) is 11.8 Å². The molecule has 1 fully saturated rings. The molecule has 1 saturated heterocycles. The zero-order valence-corrected chi connectivity index (χ0v) is 25.1. The quantitative estimate of drug-likeness (QED) is 0.185. The van der Waals surface area contributed by atoms with Crippen molar-refractivity contribution in [1.82, 2.24) is 5.32 Å². The molecular weight excluding hydrogens is 568 g/mol. The monoisotopic (exact) mass is 606 g/mol. The highest BCUT2D eigenvalue weighted by Gasteiger charge is 2.38. The molecule has 2 amide bonds. The third kappa shape index (κ3) is 9.65. The van der Waals surface area contributed by atoms with E-state index in [1.807, 2.05) is 72.8 Å². The summed E-state index contributed by atoms with van der Waals surface area (Å²) >= 11 is 1.68. The lowest BCUT2D eigenvalue weighted by atomic mass is 9.91. The van der Waals surface area contributed by atoms with Crippen molar-refractivity contribution in [3.05, 3.63) is 95.1 Å². The zero-order chi connectivity index (χ0) is 30.8. The van der Waals surface area contributed by atoms with Gasteiger partial charge in [-0.05, 0) is 47.4 Å². The number of benzene rings is 3. The first-order valence-corrected chi connectivity index (χ1v) is 15.3. The van der Waals surface area contributed by atoms with Gasteiger partial charge in [-0.25, -0.2) is 0 Å². The molecule has 0 aromatic heterocycles. The lowest BCUT2D eigenvalue weighted by molar-refractivity contribution is -0.268. The molecule has 228 valence electrons. The fraction of sp³-hybridized carbons (Fsp3) is 0.364. The lowest BCUT2D eigenvalue weighted by Gasteiger charge is -2.41. The molecule has 0 bridgehead atoms. The van der Waals surface area contributed by atoms with Crippen LogP contribution in [0.5, 0.6) is 0 Å². The first-order chi connectivity index (χ1) is 20.7. The number of carbonyl (C=O) groups excluding carboxylic acids is 2. The molecule has 3 aromatic carbocycles. The molecule has 4 rings (SSSR count). The van der Waals surface area contributed by atoms with Crippen molar-refractivity contribution in [3.63, 3.8) is 0 Å². The number of rotatable bonds is 13. The maximum Gasteiger partial charge on any atom is 0.303 e. The number of aliphatic hydroxyl groups is 1. The average molecular weight is 607 g/mol. The van der Waals surface area contributed by atoms with Gasteiger partial charge >= 0.3 is 5.97 Å². The molecule has 1 aliphatic heterocycles. The Morgan fingerprint density at radius 2 is 1.51 bits per heavy atom. The Kier molecular flexibility index (Phi) is 11.7. The Labute approximate surface area is 256 Å². The van der Waals surface area contributed by atoms with E-state index in [-0.39, 0.29) is 49.4 Å². The Balaban J connectivity index is 1.44. The number of hydrogen-bond donors (Lipinski definition) is 4. The summed E-state index contributed by atoms with van der Waals surface area (Å²) in [5, 5.41) is 23.8. The van der Waals surface area contributed by atoms with Crippen LogP contribution < -0.4 is 10.6 Å². The summed E-state index contributed by atoms with van der Waals surface area (Å²) in [7, 11) is 0. The minimum absolute atomic E-state index is 0.0256. The molecule has 1 heterocycles. The van der Waals surface area contributed by atoms with E-state index in [1.54, 1.807) is 11.8 Å². The highest BCUT2D eigenvalue weighted by molar-refractivity contribution is 7.99. The maximum atomic E-state index is 12.0.